The van der Waals surface area contributed by atoms with Crippen LogP contribution in [0.2, 0.25) is 15.3 Å². The summed E-state index contributed by atoms with van der Waals surface area (Å²) in [5, 5.41) is 13.5. The molecule has 39 heavy (non-hydrogen) atoms. The summed E-state index contributed by atoms with van der Waals surface area (Å²) in [6.45, 7) is 1.63. The molecule has 2 aromatic carbocycles. The Kier molecular flexibility index (Phi) is 10.2. The maximum atomic E-state index is 12.4. The van der Waals surface area contributed by atoms with Crippen LogP contribution in [0.3, 0.4) is 0 Å². The second kappa shape index (κ2) is 14.0. The molecule has 0 bridgehead atoms. The maximum absolute atomic E-state index is 12.4. The molecule has 1 N–H and O–H groups in total. The third kappa shape index (κ3) is 7.94. The van der Waals surface area contributed by atoms with Gasteiger partial charge in [-0.2, -0.15) is 5.26 Å². The van der Waals surface area contributed by atoms with E-state index in [2.05, 4.69) is 25.2 Å². The lowest BCUT2D eigenvalue weighted by Crippen LogP contribution is -2.23. The fraction of sp³-hybridized carbons (Fsp3) is 0.107. The van der Waals surface area contributed by atoms with Gasteiger partial charge < -0.3 is 10.2 Å². The molecule has 5 rings (SSSR count). The molecule has 0 radical (unpaired) electrons. The van der Waals surface area contributed by atoms with Crippen molar-refractivity contribution in [2.75, 3.05) is 17.6 Å². The first-order valence-electron chi connectivity index (χ1n) is 11.7. The van der Waals surface area contributed by atoms with Crippen molar-refractivity contribution in [3.05, 3.63) is 112 Å². The predicted molar refractivity (Wildman–Crippen MR) is 159 cm³/mol. The van der Waals surface area contributed by atoms with Gasteiger partial charge in [-0.3, -0.25) is 4.79 Å². The number of nitrogens with one attached hydrogen (secondary N) is 1. The zero-order valence-electron chi connectivity index (χ0n) is 20.4. The molecule has 2 aromatic heterocycles. The first kappa shape index (κ1) is 28.4. The summed E-state index contributed by atoms with van der Waals surface area (Å²) < 4.78 is 0. The van der Waals surface area contributed by atoms with Gasteiger partial charge in [-0.15, -0.1) is 4.99 Å². The smallest absolute Gasteiger partial charge is 0.258 e. The predicted octanol–water partition coefficient (Wildman–Crippen LogP) is 7.43. The van der Waals surface area contributed by atoms with Crippen molar-refractivity contribution in [1.82, 2.24) is 14.9 Å². The minimum Gasteiger partial charge on any atom is -0.345 e. The van der Waals surface area contributed by atoms with Crippen LogP contribution in [0.25, 0.3) is 11.1 Å². The number of aliphatic imine (C=N–C) groups is 1. The van der Waals surface area contributed by atoms with Crippen LogP contribution in [-0.2, 0) is 6.54 Å². The van der Waals surface area contributed by atoms with E-state index in [1.54, 1.807) is 42.4 Å². The molecule has 0 saturated carbocycles. The minimum absolute atomic E-state index is 0.175. The van der Waals surface area contributed by atoms with Crippen molar-refractivity contribution >= 4 is 63.3 Å². The number of hydrogen-bond donors (Lipinski definition) is 1. The van der Waals surface area contributed by atoms with E-state index < -0.39 is 0 Å². The number of amides is 1. The number of amidine groups is 1. The number of benzene rings is 2. The molecule has 0 aliphatic carbocycles. The summed E-state index contributed by atoms with van der Waals surface area (Å²) >= 11 is 19.2. The van der Waals surface area contributed by atoms with Crippen molar-refractivity contribution in [2.45, 2.75) is 6.54 Å². The van der Waals surface area contributed by atoms with E-state index in [0.29, 0.717) is 21.4 Å². The number of nitrogens with zero attached hydrogens (tertiary/aromatic N) is 5. The number of carbonyl (C=O) groups excluding carboxylic acids is 1. The van der Waals surface area contributed by atoms with Gasteiger partial charge >= 0.3 is 0 Å². The topological polar surface area (TPSA) is 94.3 Å². The summed E-state index contributed by atoms with van der Waals surface area (Å²) in [5.41, 5.74) is 3.96. The third-order valence-electron chi connectivity index (χ3n) is 5.50. The van der Waals surface area contributed by atoms with Crippen molar-refractivity contribution in [2.24, 2.45) is 4.99 Å². The number of aromatic nitrogens is 2. The van der Waals surface area contributed by atoms with Gasteiger partial charge in [0.15, 0.2) is 5.17 Å². The van der Waals surface area contributed by atoms with E-state index in [4.69, 9.17) is 40.1 Å². The Labute approximate surface area is 245 Å². The number of hydrogen-bond acceptors (Lipinski definition) is 6. The second-order valence-corrected chi connectivity index (χ2v) is 10.3. The number of para-hydroxylation sites is 1. The molecule has 4 aromatic rings. The Morgan fingerprint density at radius 3 is 2.54 bits per heavy atom. The van der Waals surface area contributed by atoms with E-state index in [0.717, 1.165) is 40.7 Å². The van der Waals surface area contributed by atoms with Gasteiger partial charge in [-0.1, -0.05) is 83.0 Å². The van der Waals surface area contributed by atoms with Crippen LogP contribution in [0.15, 0.2) is 90.2 Å². The highest BCUT2D eigenvalue weighted by molar-refractivity contribution is 8.14. The molecule has 1 aliphatic heterocycles. The van der Waals surface area contributed by atoms with E-state index >= 15 is 0 Å². The highest BCUT2D eigenvalue weighted by atomic mass is 35.5. The van der Waals surface area contributed by atoms with E-state index in [1.165, 1.54) is 0 Å². The van der Waals surface area contributed by atoms with Crippen molar-refractivity contribution in [3.8, 4) is 17.3 Å². The molecule has 1 aliphatic rings. The molecule has 1 amide bonds. The standard InChI is InChI=1S/C18H12Cl2N2O.C10H9ClN4S/c19-13-9-7-12(8-10-13)14-4-1-2-6-16(14)22-18(23)15-5-3-11-21-17(15)20;11-9-2-1-8(5-13-9)6-15-3-4-16-10(15)14-7-12/h1-11H,(H,22,23);1-2,5H,3-4,6H2. The van der Waals surface area contributed by atoms with Crippen LogP contribution in [0.1, 0.15) is 15.9 Å². The fourth-order valence-electron chi connectivity index (χ4n) is 3.67. The fourth-order valence-corrected chi connectivity index (χ4v) is 5.05. The monoisotopic (exact) mass is 594 g/mol. The molecular formula is C28H21Cl3N6OS. The number of halogens is 3. The first-order chi connectivity index (χ1) is 18.9. The van der Waals surface area contributed by atoms with Crippen LogP contribution in [0, 0.1) is 11.5 Å². The normalized spacial score (nSPS) is 13.4. The van der Waals surface area contributed by atoms with Gasteiger partial charge in [0, 0.05) is 47.5 Å². The zero-order chi connectivity index (χ0) is 27.6. The lowest BCUT2D eigenvalue weighted by molar-refractivity contribution is 0.102. The molecule has 7 nitrogen and oxygen atoms in total. The van der Waals surface area contributed by atoms with Gasteiger partial charge in [0.25, 0.3) is 5.91 Å². The van der Waals surface area contributed by atoms with Gasteiger partial charge in [-0.25, -0.2) is 9.97 Å². The number of pyridine rings is 2. The van der Waals surface area contributed by atoms with Crippen LogP contribution in [-0.4, -0.2) is 38.2 Å². The summed E-state index contributed by atoms with van der Waals surface area (Å²) in [6.07, 6.45) is 5.11. The molecule has 3 heterocycles. The Morgan fingerprint density at radius 1 is 1.03 bits per heavy atom. The van der Waals surface area contributed by atoms with Crippen LogP contribution >= 0.6 is 46.6 Å². The summed E-state index contributed by atoms with van der Waals surface area (Å²) in [6, 6.07) is 22.0. The quantitative estimate of drug-likeness (QED) is 0.190. The molecular weight excluding hydrogens is 575 g/mol. The van der Waals surface area contributed by atoms with Crippen LogP contribution < -0.4 is 5.32 Å². The molecule has 11 heteroatoms. The summed E-state index contributed by atoms with van der Waals surface area (Å²) in [5.74, 6) is 0.672. The van der Waals surface area contributed by atoms with Gasteiger partial charge in [0.05, 0.1) is 5.56 Å². The summed E-state index contributed by atoms with van der Waals surface area (Å²) in [7, 11) is 0. The number of rotatable bonds is 5. The van der Waals surface area contributed by atoms with Gasteiger partial charge in [-0.05, 0) is 47.5 Å². The Morgan fingerprint density at radius 2 is 1.82 bits per heavy atom. The minimum atomic E-state index is -0.301. The van der Waals surface area contributed by atoms with Gasteiger partial charge in [0.1, 0.15) is 10.3 Å². The Balaban J connectivity index is 0.000000193. The SMILES string of the molecule is N#CN=C1SCCN1Cc1ccc(Cl)nc1.O=C(Nc1ccccc1-c1ccc(Cl)cc1)c1cccnc1Cl. The summed E-state index contributed by atoms with van der Waals surface area (Å²) in [4.78, 5) is 26.2. The second-order valence-electron chi connectivity index (χ2n) is 8.10. The Bertz CT molecular complexity index is 1510. The van der Waals surface area contributed by atoms with Crippen LogP contribution in [0.5, 0.6) is 0 Å². The van der Waals surface area contributed by atoms with Crippen molar-refractivity contribution < 1.29 is 4.79 Å². The number of carbonyl (C=O) groups is 1. The number of thioether (sulfide) groups is 1. The molecule has 0 atom stereocenters. The highest BCUT2D eigenvalue weighted by Crippen LogP contribution is 2.29. The lowest BCUT2D eigenvalue weighted by atomic mass is 10.0. The molecule has 0 spiro atoms. The van der Waals surface area contributed by atoms with E-state index in [-0.39, 0.29) is 11.1 Å². The number of anilines is 1. The zero-order valence-corrected chi connectivity index (χ0v) is 23.5. The molecule has 1 saturated heterocycles. The van der Waals surface area contributed by atoms with Crippen molar-refractivity contribution in [3.63, 3.8) is 0 Å². The maximum Gasteiger partial charge on any atom is 0.258 e. The van der Waals surface area contributed by atoms with Crippen LogP contribution in [0.4, 0.5) is 5.69 Å². The van der Waals surface area contributed by atoms with E-state index in [9.17, 15) is 4.79 Å². The van der Waals surface area contributed by atoms with Gasteiger partial charge in [0.2, 0.25) is 6.19 Å². The van der Waals surface area contributed by atoms with E-state index in [1.807, 2.05) is 60.8 Å². The number of nitriles is 1. The lowest BCUT2D eigenvalue weighted by Gasteiger charge is -2.16. The molecule has 1 fully saturated rings. The molecule has 0 unspecified atom stereocenters. The highest BCUT2D eigenvalue weighted by Gasteiger charge is 2.19. The average molecular weight is 596 g/mol. The third-order valence-corrected chi connectivity index (χ3v) is 7.28. The largest absolute Gasteiger partial charge is 0.345 e. The Hall–Kier alpha value is -3.61. The first-order valence-corrected chi connectivity index (χ1v) is 13.8. The van der Waals surface area contributed by atoms with Crippen molar-refractivity contribution in [1.29, 1.82) is 5.26 Å². The average Bonchev–Trinajstić information content (AvgIpc) is 3.38. The molecule has 196 valence electrons.